The lowest BCUT2D eigenvalue weighted by atomic mass is 10.1. The zero-order valence-corrected chi connectivity index (χ0v) is 19.0. The molecule has 4 heterocycles. The van der Waals surface area contributed by atoms with Crippen LogP contribution in [0.2, 0.25) is 0 Å². The van der Waals surface area contributed by atoms with E-state index in [1.54, 1.807) is 11.3 Å². The van der Waals surface area contributed by atoms with Gasteiger partial charge in [-0.2, -0.15) is 0 Å². The first-order valence-corrected chi connectivity index (χ1v) is 12.2. The minimum Gasteiger partial charge on any atom is -0.393 e. The molecule has 0 atom stereocenters. The number of piperidine rings is 1. The molecule has 1 aromatic carbocycles. The second kappa shape index (κ2) is 9.10. The first kappa shape index (κ1) is 20.7. The van der Waals surface area contributed by atoms with Gasteiger partial charge < -0.3 is 14.9 Å². The highest BCUT2D eigenvalue weighted by molar-refractivity contribution is 7.13. The zero-order valence-electron chi connectivity index (χ0n) is 18.2. The largest absolute Gasteiger partial charge is 0.393 e. The van der Waals surface area contributed by atoms with Gasteiger partial charge in [-0.1, -0.05) is 18.2 Å². The van der Waals surface area contributed by atoms with Crippen molar-refractivity contribution in [3.05, 3.63) is 47.1 Å². The second-order valence-electron chi connectivity index (χ2n) is 8.76. The van der Waals surface area contributed by atoms with E-state index in [-0.39, 0.29) is 6.10 Å². The van der Waals surface area contributed by atoms with Crippen LogP contribution in [0.3, 0.4) is 0 Å². The summed E-state index contributed by atoms with van der Waals surface area (Å²) in [4.78, 5) is 17.0. The van der Waals surface area contributed by atoms with Crippen LogP contribution in [0.5, 0.6) is 0 Å². The summed E-state index contributed by atoms with van der Waals surface area (Å²) in [6.45, 7) is 9.12. The van der Waals surface area contributed by atoms with Gasteiger partial charge in [0.1, 0.15) is 0 Å². The zero-order chi connectivity index (χ0) is 21.2. The van der Waals surface area contributed by atoms with E-state index in [1.807, 2.05) is 12.3 Å². The number of nitrogens with zero attached hydrogens (tertiary/aromatic N) is 5. The van der Waals surface area contributed by atoms with Crippen molar-refractivity contribution in [1.82, 2.24) is 14.9 Å². The van der Waals surface area contributed by atoms with Crippen molar-refractivity contribution < 1.29 is 5.11 Å². The summed E-state index contributed by atoms with van der Waals surface area (Å²) in [5.74, 6) is 0. The van der Waals surface area contributed by atoms with Crippen molar-refractivity contribution in [2.45, 2.75) is 38.8 Å². The molecule has 0 radical (unpaired) electrons. The third kappa shape index (κ3) is 4.54. The number of hydrogen-bond donors (Lipinski definition) is 1. The summed E-state index contributed by atoms with van der Waals surface area (Å²) in [6, 6.07) is 8.56. The van der Waals surface area contributed by atoms with Gasteiger partial charge in [-0.25, -0.2) is 4.98 Å². The molecule has 3 aromatic rings. The molecule has 6 nitrogen and oxygen atoms in total. The van der Waals surface area contributed by atoms with Gasteiger partial charge in [0.15, 0.2) is 5.13 Å². The normalized spacial score (nSPS) is 19.2. The van der Waals surface area contributed by atoms with E-state index in [4.69, 9.17) is 9.97 Å². The molecule has 0 spiro atoms. The number of aliphatic hydroxyl groups excluding tert-OH is 1. The minimum atomic E-state index is -0.142. The molecule has 0 saturated carbocycles. The van der Waals surface area contributed by atoms with Crippen molar-refractivity contribution in [2.24, 2.45) is 0 Å². The number of anilines is 2. The second-order valence-corrected chi connectivity index (χ2v) is 9.60. The monoisotopic (exact) mass is 437 g/mol. The molecule has 164 valence electrons. The van der Waals surface area contributed by atoms with E-state index >= 15 is 0 Å². The van der Waals surface area contributed by atoms with E-state index in [9.17, 15) is 5.11 Å². The lowest BCUT2D eigenvalue weighted by Crippen LogP contribution is -2.35. The van der Waals surface area contributed by atoms with Crippen molar-refractivity contribution in [1.29, 1.82) is 0 Å². The Kier molecular flexibility index (Phi) is 6.07. The van der Waals surface area contributed by atoms with Crippen LogP contribution in [0.25, 0.3) is 10.9 Å². The Bertz CT molecular complexity index is 1030. The fourth-order valence-electron chi connectivity index (χ4n) is 4.78. The average Bonchev–Trinajstić information content (AvgIpc) is 3.13. The minimum absolute atomic E-state index is 0.142. The van der Waals surface area contributed by atoms with Crippen LogP contribution < -0.4 is 9.80 Å². The molecular formula is C24H31N5OS. The molecule has 0 aliphatic carbocycles. The maximum absolute atomic E-state index is 9.74. The highest BCUT2D eigenvalue weighted by atomic mass is 32.1. The molecule has 2 aliphatic rings. The van der Waals surface area contributed by atoms with Gasteiger partial charge in [0.25, 0.3) is 0 Å². The first-order chi connectivity index (χ1) is 15.2. The molecule has 5 rings (SSSR count). The first-order valence-electron chi connectivity index (χ1n) is 11.4. The lowest BCUT2D eigenvalue weighted by molar-refractivity contribution is 0.145. The number of aromatic nitrogens is 2. The molecule has 2 saturated heterocycles. The quantitative estimate of drug-likeness (QED) is 0.672. The highest BCUT2D eigenvalue weighted by Gasteiger charge is 2.22. The molecule has 0 bridgehead atoms. The number of pyridine rings is 1. The predicted octanol–water partition coefficient (Wildman–Crippen LogP) is 3.67. The fourth-order valence-corrected chi connectivity index (χ4v) is 5.65. The van der Waals surface area contributed by atoms with E-state index in [1.165, 1.54) is 22.3 Å². The number of benzene rings is 1. The van der Waals surface area contributed by atoms with Crippen LogP contribution in [0.4, 0.5) is 10.8 Å². The van der Waals surface area contributed by atoms with Crippen molar-refractivity contribution in [2.75, 3.05) is 49.1 Å². The van der Waals surface area contributed by atoms with Crippen molar-refractivity contribution in [3.63, 3.8) is 0 Å². The van der Waals surface area contributed by atoms with Gasteiger partial charge >= 0.3 is 0 Å². The maximum atomic E-state index is 9.74. The van der Waals surface area contributed by atoms with E-state index in [2.05, 4.69) is 45.2 Å². The van der Waals surface area contributed by atoms with Gasteiger partial charge in [-0.3, -0.25) is 9.88 Å². The maximum Gasteiger partial charge on any atom is 0.185 e. The van der Waals surface area contributed by atoms with Gasteiger partial charge in [0.05, 0.1) is 23.0 Å². The smallest absolute Gasteiger partial charge is 0.185 e. The summed E-state index contributed by atoms with van der Waals surface area (Å²) >= 11 is 1.74. The number of thiazole rings is 1. The fraction of sp³-hybridized carbons (Fsp3) is 0.500. The summed E-state index contributed by atoms with van der Waals surface area (Å²) in [7, 11) is 0. The van der Waals surface area contributed by atoms with Crippen LogP contribution in [-0.2, 0) is 6.54 Å². The van der Waals surface area contributed by atoms with Crippen LogP contribution in [0.15, 0.2) is 35.8 Å². The summed E-state index contributed by atoms with van der Waals surface area (Å²) in [5, 5.41) is 14.3. The number of hydrogen-bond acceptors (Lipinski definition) is 7. The molecule has 1 N–H and O–H groups in total. The third-order valence-corrected chi connectivity index (χ3v) is 7.46. The molecule has 0 unspecified atom stereocenters. The Morgan fingerprint density at radius 2 is 1.90 bits per heavy atom. The van der Waals surface area contributed by atoms with Crippen LogP contribution >= 0.6 is 11.3 Å². The van der Waals surface area contributed by atoms with E-state index in [0.717, 1.165) is 75.7 Å². The number of aryl methyl sites for hydroxylation is 1. The van der Waals surface area contributed by atoms with Crippen LogP contribution in [-0.4, -0.2) is 65.3 Å². The molecular weight excluding hydrogens is 406 g/mol. The third-order valence-electron chi connectivity index (χ3n) is 6.51. The molecule has 0 amide bonds. The van der Waals surface area contributed by atoms with Crippen molar-refractivity contribution >= 4 is 33.1 Å². The predicted molar refractivity (Wildman–Crippen MR) is 128 cm³/mol. The molecule has 31 heavy (non-hydrogen) atoms. The summed E-state index contributed by atoms with van der Waals surface area (Å²) < 4.78 is 0. The van der Waals surface area contributed by atoms with Crippen LogP contribution in [0.1, 0.15) is 30.5 Å². The topological polar surface area (TPSA) is 55.7 Å². The van der Waals surface area contributed by atoms with E-state index in [0.29, 0.717) is 0 Å². The van der Waals surface area contributed by atoms with Crippen molar-refractivity contribution in [3.8, 4) is 0 Å². The summed E-state index contributed by atoms with van der Waals surface area (Å²) in [6.07, 6.45) is 4.59. The SMILES string of the molecule is Cc1ccc2cccnc2c1N1CCCN(Cc2csc(N3CCC(O)CC3)n2)CC1. The van der Waals surface area contributed by atoms with Crippen LogP contribution in [0, 0.1) is 6.92 Å². The van der Waals surface area contributed by atoms with Gasteiger partial charge in [-0.05, 0) is 37.8 Å². The Balaban J connectivity index is 1.25. The van der Waals surface area contributed by atoms with Gasteiger partial charge in [-0.15, -0.1) is 11.3 Å². The molecule has 2 fully saturated rings. The average molecular weight is 438 g/mol. The molecule has 2 aliphatic heterocycles. The number of fused-ring (bicyclic) bond motifs is 1. The summed E-state index contributed by atoms with van der Waals surface area (Å²) in [5.41, 5.74) is 4.88. The Labute approximate surface area is 188 Å². The Hall–Kier alpha value is -2.22. The number of aliphatic hydroxyl groups is 1. The van der Waals surface area contributed by atoms with Gasteiger partial charge in [0.2, 0.25) is 0 Å². The Morgan fingerprint density at radius 1 is 1.03 bits per heavy atom. The highest BCUT2D eigenvalue weighted by Crippen LogP contribution is 2.30. The lowest BCUT2D eigenvalue weighted by Gasteiger charge is -2.29. The molecule has 2 aromatic heterocycles. The van der Waals surface area contributed by atoms with E-state index < -0.39 is 0 Å². The standard InChI is InChI=1S/C24H31N5OS/c1-18-5-6-19-4-2-9-25-22(19)23(18)28-11-3-10-27(14-15-28)16-20-17-31-24(26-20)29-12-7-21(30)8-13-29/h2,4-6,9,17,21,30H,3,7-8,10-16H2,1H3. The molecule has 7 heteroatoms. The number of rotatable bonds is 4. The Morgan fingerprint density at radius 3 is 2.77 bits per heavy atom. The van der Waals surface area contributed by atoms with Gasteiger partial charge in [0, 0.05) is 62.8 Å².